The molecule has 2 aromatic rings. The molecular weight excluding hydrogens is 248 g/mol. The Balaban J connectivity index is 2.49. The molecule has 0 amide bonds. The average molecular weight is 258 g/mol. The second kappa shape index (κ2) is 5.18. The van der Waals surface area contributed by atoms with Gasteiger partial charge < -0.3 is 9.47 Å². The Labute approximate surface area is 109 Å². The maximum absolute atomic E-state index is 11.3. The number of hydrogen-bond donors (Lipinski definition) is 0. The van der Waals surface area contributed by atoms with E-state index in [1.165, 1.54) is 25.2 Å². The van der Waals surface area contributed by atoms with Crippen molar-refractivity contribution in [2.24, 2.45) is 0 Å². The summed E-state index contributed by atoms with van der Waals surface area (Å²) in [6, 6.07) is 6.94. The van der Waals surface area contributed by atoms with Gasteiger partial charge in [0.2, 0.25) is 0 Å². The van der Waals surface area contributed by atoms with E-state index < -0.39 is 5.97 Å². The third kappa shape index (κ3) is 2.37. The molecule has 2 rings (SSSR count). The molecule has 1 heterocycles. The number of nitriles is 1. The summed E-state index contributed by atoms with van der Waals surface area (Å²) in [6.07, 6.45) is 1.34. The van der Waals surface area contributed by atoms with Crippen LogP contribution >= 0.6 is 0 Å². The van der Waals surface area contributed by atoms with Crippen molar-refractivity contribution in [3.8, 4) is 17.5 Å². The highest BCUT2D eigenvalue weighted by Gasteiger charge is 2.14. The fourth-order valence-corrected chi connectivity index (χ4v) is 1.49. The molecule has 19 heavy (non-hydrogen) atoms. The lowest BCUT2D eigenvalue weighted by atomic mass is 10.2. The number of carbonyl (C=O) groups is 1. The average Bonchev–Trinajstić information content (AvgIpc) is 2.95. The van der Waals surface area contributed by atoms with Crippen molar-refractivity contribution in [1.29, 1.82) is 5.26 Å². The van der Waals surface area contributed by atoms with Crippen LogP contribution in [0.3, 0.4) is 0 Å². The van der Waals surface area contributed by atoms with E-state index in [2.05, 4.69) is 14.8 Å². The zero-order valence-corrected chi connectivity index (χ0v) is 10.3. The van der Waals surface area contributed by atoms with Gasteiger partial charge in [0, 0.05) is 6.07 Å². The maximum Gasteiger partial charge on any atom is 0.377 e. The Kier molecular flexibility index (Phi) is 3.43. The number of hydrogen-bond acceptors (Lipinski definition) is 6. The monoisotopic (exact) mass is 258 g/mol. The summed E-state index contributed by atoms with van der Waals surface area (Å²) < 4.78 is 10.9. The van der Waals surface area contributed by atoms with Gasteiger partial charge in [0.15, 0.2) is 0 Å². The van der Waals surface area contributed by atoms with Crippen molar-refractivity contribution in [3.63, 3.8) is 0 Å². The largest absolute Gasteiger partial charge is 0.497 e. The van der Waals surface area contributed by atoms with E-state index in [9.17, 15) is 4.79 Å². The molecule has 0 spiro atoms. The summed E-state index contributed by atoms with van der Waals surface area (Å²) in [5.74, 6) is -0.140. The molecular formula is C12H10N4O3. The van der Waals surface area contributed by atoms with E-state index in [0.29, 0.717) is 17.0 Å². The Hall–Kier alpha value is -2.88. The molecule has 0 fully saturated rings. The minimum absolute atomic E-state index is 0.0748. The number of rotatable bonds is 3. The van der Waals surface area contributed by atoms with Crippen molar-refractivity contribution in [2.75, 3.05) is 14.2 Å². The normalized spacial score (nSPS) is 9.74. The van der Waals surface area contributed by atoms with E-state index in [4.69, 9.17) is 10.00 Å². The fraction of sp³-hybridized carbons (Fsp3) is 0.167. The van der Waals surface area contributed by atoms with Crippen molar-refractivity contribution in [3.05, 3.63) is 35.9 Å². The molecule has 0 unspecified atom stereocenters. The number of benzene rings is 1. The predicted molar refractivity (Wildman–Crippen MR) is 64.0 cm³/mol. The van der Waals surface area contributed by atoms with Gasteiger partial charge in [-0.05, 0) is 12.1 Å². The van der Waals surface area contributed by atoms with E-state index in [1.807, 2.05) is 6.07 Å². The molecule has 7 nitrogen and oxygen atoms in total. The van der Waals surface area contributed by atoms with Crippen LogP contribution in [0.2, 0.25) is 0 Å². The second-order valence-corrected chi connectivity index (χ2v) is 3.50. The standard InChI is InChI=1S/C12H10N4O3/c1-18-9-4-3-8(6-13)10(5-9)16-7-14-11(15-16)12(17)19-2/h3-5,7H,1-2H3. The lowest BCUT2D eigenvalue weighted by Gasteiger charge is -2.05. The van der Waals surface area contributed by atoms with Crippen LogP contribution in [-0.4, -0.2) is 35.0 Å². The molecule has 0 aliphatic rings. The highest BCUT2D eigenvalue weighted by molar-refractivity contribution is 5.84. The van der Waals surface area contributed by atoms with E-state index in [1.54, 1.807) is 18.2 Å². The molecule has 0 radical (unpaired) electrons. The van der Waals surface area contributed by atoms with Crippen LogP contribution in [0.4, 0.5) is 0 Å². The number of ether oxygens (including phenoxy) is 2. The molecule has 0 saturated heterocycles. The predicted octanol–water partition coefficient (Wildman–Crippen LogP) is 0.934. The first-order valence-corrected chi connectivity index (χ1v) is 5.28. The zero-order valence-electron chi connectivity index (χ0n) is 10.3. The number of nitrogens with zero attached hydrogens (tertiary/aromatic N) is 4. The van der Waals surface area contributed by atoms with Gasteiger partial charge in [-0.3, -0.25) is 0 Å². The Morgan fingerprint density at radius 3 is 2.84 bits per heavy atom. The lowest BCUT2D eigenvalue weighted by molar-refractivity contribution is 0.0587. The van der Waals surface area contributed by atoms with Gasteiger partial charge >= 0.3 is 5.97 Å². The Bertz CT molecular complexity index is 657. The summed E-state index contributed by atoms with van der Waals surface area (Å²) >= 11 is 0. The third-order valence-electron chi connectivity index (χ3n) is 2.43. The molecule has 0 aliphatic carbocycles. The van der Waals surface area contributed by atoms with E-state index in [-0.39, 0.29) is 5.82 Å². The number of methoxy groups -OCH3 is 2. The van der Waals surface area contributed by atoms with Gasteiger partial charge in [-0.1, -0.05) is 0 Å². The number of esters is 1. The number of aromatic nitrogens is 3. The Morgan fingerprint density at radius 1 is 1.42 bits per heavy atom. The topological polar surface area (TPSA) is 90.0 Å². The van der Waals surface area contributed by atoms with Gasteiger partial charge in [-0.2, -0.15) is 5.26 Å². The third-order valence-corrected chi connectivity index (χ3v) is 2.43. The van der Waals surface area contributed by atoms with Crippen LogP contribution in [0.15, 0.2) is 24.5 Å². The molecule has 0 atom stereocenters. The molecule has 0 N–H and O–H groups in total. The SMILES string of the molecule is COC(=O)c1ncn(-c2cc(OC)ccc2C#N)n1. The van der Waals surface area contributed by atoms with Gasteiger partial charge in [0.1, 0.15) is 18.1 Å². The highest BCUT2D eigenvalue weighted by atomic mass is 16.5. The second-order valence-electron chi connectivity index (χ2n) is 3.50. The van der Waals surface area contributed by atoms with E-state index in [0.717, 1.165) is 0 Å². The number of carbonyl (C=O) groups excluding carboxylic acids is 1. The van der Waals surface area contributed by atoms with Crippen molar-refractivity contribution < 1.29 is 14.3 Å². The first-order valence-electron chi connectivity index (χ1n) is 5.28. The van der Waals surface area contributed by atoms with Gasteiger partial charge in [0.25, 0.3) is 5.82 Å². The summed E-state index contributed by atoms with van der Waals surface area (Å²) in [6.45, 7) is 0. The zero-order chi connectivity index (χ0) is 13.8. The minimum atomic E-state index is -0.639. The van der Waals surface area contributed by atoms with E-state index >= 15 is 0 Å². The molecule has 0 bridgehead atoms. The first kappa shape index (κ1) is 12.6. The molecule has 96 valence electrons. The quantitative estimate of drug-likeness (QED) is 0.761. The van der Waals surface area contributed by atoms with Gasteiger partial charge in [0.05, 0.1) is 25.5 Å². The van der Waals surface area contributed by atoms with Crippen LogP contribution in [0.25, 0.3) is 5.69 Å². The summed E-state index contributed by atoms with van der Waals surface area (Å²) in [4.78, 5) is 15.1. The van der Waals surface area contributed by atoms with Crippen LogP contribution < -0.4 is 4.74 Å². The molecule has 7 heteroatoms. The van der Waals surface area contributed by atoms with Crippen LogP contribution in [-0.2, 0) is 4.74 Å². The summed E-state index contributed by atoms with van der Waals surface area (Å²) in [7, 11) is 2.77. The summed E-state index contributed by atoms with van der Waals surface area (Å²) in [5, 5.41) is 13.0. The van der Waals surface area contributed by atoms with Crippen LogP contribution in [0.5, 0.6) is 5.75 Å². The fourth-order valence-electron chi connectivity index (χ4n) is 1.49. The van der Waals surface area contributed by atoms with Crippen LogP contribution in [0.1, 0.15) is 16.2 Å². The molecule has 0 aliphatic heterocycles. The Morgan fingerprint density at radius 2 is 2.21 bits per heavy atom. The van der Waals surface area contributed by atoms with Crippen molar-refractivity contribution >= 4 is 5.97 Å². The molecule has 1 aromatic heterocycles. The van der Waals surface area contributed by atoms with Crippen LogP contribution in [0, 0.1) is 11.3 Å². The summed E-state index contributed by atoms with van der Waals surface area (Å²) in [5.41, 5.74) is 0.867. The van der Waals surface area contributed by atoms with Crippen molar-refractivity contribution in [2.45, 2.75) is 0 Å². The first-order chi connectivity index (χ1) is 9.19. The minimum Gasteiger partial charge on any atom is -0.497 e. The van der Waals surface area contributed by atoms with Gasteiger partial charge in [-0.15, -0.1) is 5.10 Å². The molecule has 0 saturated carbocycles. The van der Waals surface area contributed by atoms with Crippen molar-refractivity contribution in [1.82, 2.24) is 14.8 Å². The lowest BCUT2D eigenvalue weighted by Crippen LogP contribution is -2.06. The highest BCUT2D eigenvalue weighted by Crippen LogP contribution is 2.20. The van der Waals surface area contributed by atoms with Gasteiger partial charge in [-0.25, -0.2) is 14.5 Å². The smallest absolute Gasteiger partial charge is 0.377 e. The molecule has 1 aromatic carbocycles. The maximum atomic E-state index is 11.3.